The van der Waals surface area contributed by atoms with Crippen LogP contribution in [-0.4, -0.2) is 30.3 Å². The van der Waals surface area contributed by atoms with Gasteiger partial charge in [0.05, 0.1) is 13.2 Å². The molecule has 1 atom stereocenters. The van der Waals surface area contributed by atoms with E-state index in [1.165, 1.54) is 0 Å². The Labute approximate surface area is 99.6 Å². The van der Waals surface area contributed by atoms with Crippen LogP contribution >= 0.6 is 23.4 Å². The fraction of sp³-hybridized carbons (Fsp3) is 0.455. The first-order valence-corrected chi connectivity index (χ1v) is 6.44. The molecule has 0 radical (unpaired) electrons. The van der Waals surface area contributed by atoms with Crippen molar-refractivity contribution in [3.63, 3.8) is 0 Å². The Morgan fingerprint density at radius 3 is 2.87 bits per heavy atom. The van der Waals surface area contributed by atoms with Crippen LogP contribution in [0.4, 0.5) is 0 Å². The molecule has 0 aliphatic heterocycles. The van der Waals surface area contributed by atoms with Crippen molar-refractivity contribution in [2.45, 2.75) is 12.5 Å². The number of hydrogen-bond acceptors (Lipinski definition) is 3. The van der Waals surface area contributed by atoms with Crippen molar-refractivity contribution in [1.82, 2.24) is 0 Å². The topological polar surface area (TPSA) is 29.5 Å². The van der Waals surface area contributed by atoms with Gasteiger partial charge in [-0.2, -0.15) is 11.8 Å². The molecule has 2 nitrogen and oxygen atoms in total. The van der Waals surface area contributed by atoms with Crippen molar-refractivity contribution in [2.24, 2.45) is 0 Å². The predicted octanol–water partition coefficient (Wildman–Crippen LogP) is 2.62. The quantitative estimate of drug-likeness (QED) is 0.866. The molecule has 84 valence electrons. The van der Waals surface area contributed by atoms with E-state index >= 15 is 0 Å². The summed E-state index contributed by atoms with van der Waals surface area (Å²) in [6.07, 6.45) is 2.19. The molecule has 0 heterocycles. The Morgan fingerprint density at radius 2 is 2.27 bits per heavy atom. The maximum absolute atomic E-state index is 9.69. The Kier molecular flexibility index (Phi) is 5.29. The summed E-state index contributed by atoms with van der Waals surface area (Å²) in [5.41, 5.74) is 0.951. The summed E-state index contributed by atoms with van der Waals surface area (Å²) in [7, 11) is 1.62. The third kappa shape index (κ3) is 3.93. The molecule has 15 heavy (non-hydrogen) atoms. The molecule has 1 aromatic rings. The molecule has 0 bridgehead atoms. The van der Waals surface area contributed by atoms with Crippen molar-refractivity contribution in [1.29, 1.82) is 0 Å². The SMILES string of the molecule is COc1ccc(Cl)cc1CC(O)CSC. The highest BCUT2D eigenvalue weighted by Crippen LogP contribution is 2.24. The molecule has 0 saturated carbocycles. The number of benzene rings is 1. The average Bonchev–Trinajstić information content (AvgIpc) is 2.18. The Bertz CT molecular complexity index is 317. The number of aliphatic hydroxyl groups excluding tert-OH is 1. The molecule has 0 aromatic heterocycles. The fourth-order valence-corrected chi connectivity index (χ4v) is 2.11. The molecule has 0 amide bonds. The van der Waals surface area contributed by atoms with E-state index in [2.05, 4.69) is 0 Å². The number of methoxy groups -OCH3 is 1. The Morgan fingerprint density at radius 1 is 1.53 bits per heavy atom. The molecule has 1 unspecified atom stereocenters. The van der Waals surface area contributed by atoms with E-state index in [9.17, 15) is 5.11 Å². The number of aliphatic hydroxyl groups is 1. The number of ether oxygens (including phenoxy) is 1. The van der Waals surface area contributed by atoms with E-state index in [1.807, 2.05) is 18.4 Å². The lowest BCUT2D eigenvalue weighted by molar-refractivity contribution is 0.199. The minimum absolute atomic E-state index is 0.354. The third-order valence-electron chi connectivity index (χ3n) is 2.06. The Balaban J connectivity index is 2.77. The lowest BCUT2D eigenvalue weighted by Crippen LogP contribution is -2.13. The molecule has 0 aliphatic rings. The van der Waals surface area contributed by atoms with Crippen molar-refractivity contribution in [3.8, 4) is 5.75 Å². The van der Waals surface area contributed by atoms with E-state index in [1.54, 1.807) is 24.9 Å². The fourth-order valence-electron chi connectivity index (χ4n) is 1.41. The number of halogens is 1. The number of rotatable bonds is 5. The van der Waals surface area contributed by atoms with Crippen LogP contribution in [0.2, 0.25) is 5.02 Å². The van der Waals surface area contributed by atoms with Crippen LogP contribution in [0.15, 0.2) is 18.2 Å². The highest BCUT2D eigenvalue weighted by Gasteiger charge is 2.09. The predicted molar refractivity (Wildman–Crippen MR) is 66.1 cm³/mol. The van der Waals surface area contributed by atoms with Crippen molar-refractivity contribution < 1.29 is 9.84 Å². The smallest absolute Gasteiger partial charge is 0.122 e. The molecule has 0 spiro atoms. The number of hydrogen-bond donors (Lipinski definition) is 1. The standard InChI is InChI=1S/C11H15ClO2S/c1-14-11-4-3-9(12)5-8(11)6-10(13)7-15-2/h3-5,10,13H,6-7H2,1-2H3. The van der Waals surface area contributed by atoms with Gasteiger partial charge in [-0.3, -0.25) is 0 Å². The monoisotopic (exact) mass is 246 g/mol. The van der Waals surface area contributed by atoms with E-state index < -0.39 is 0 Å². The zero-order valence-electron chi connectivity index (χ0n) is 8.87. The Hall–Kier alpha value is -0.380. The average molecular weight is 247 g/mol. The zero-order valence-corrected chi connectivity index (χ0v) is 10.4. The summed E-state index contributed by atoms with van der Waals surface area (Å²) < 4.78 is 5.20. The lowest BCUT2D eigenvalue weighted by atomic mass is 10.1. The third-order valence-corrected chi connectivity index (χ3v) is 3.01. The highest BCUT2D eigenvalue weighted by molar-refractivity contribution is 7.98. The van der Waals surface area contributed by atoms with E-state index in [0.717, 1.165) is 17.1 Å². The van der Waals surface area contributed by atoms with Crippen LogP contribution in [0.1, 0.15) is 5.56 Å². The van der Waals surface area contributed by atoms with Gasteiger partial charge in [0.1, 0.15) is 5.75 Å². The summed E-state index contributed by atoms with van der Waals surface area (Å²) >= 11 is 7.51. The molecule has 0 saturated heterocycles. The normalized spacial score (nSPS) is 12.5. The van der Waals surface area contributed by atoms with Gasteiger partial charge in [-0.15, -0.1) is 0 Å². The first-order valence-electron chi connectivity index (χ1n) is 4.66. The zero-order chi connectivity index (χ0) is 11.3. The summed E-state index contributed by atoms with van der Waals surface area (Å²) in [6, 6.07) is 5.44. The minimum Gasteiger partial charge on any atom is -0.496 e. The van der Waals surface area contributed by atoms with Gasteiger partial charge >= 0.3 is 0 Å². The van der Waals surface area contributed by atoms with E-state index in [4.69, 9.17) is 16.3 Å². The minimum atomic E-state index is -0.354. The van der Waals surface area contributed by atoms with Crippen molar-refractivity contribution >= 4 is 23.4 Å². The molecule has 0 aliphatic carbocycles. The molecular weight excluding hydrogens is 232 g/mol. The largest absolute Gasteiger partial charge is 0.496 e. The molecule has 4 heteroatoms. The van der Waals surface area contributed by atoms with Gasteiger partial charge in [0.15, 0.2) is 0 Å². The van der Waals surface area contributed by atoms with Crippen molar-refractivity contribution in [2.75, 3.05) is 19.1 Å². The maximum Gasteiger partial charge on any atom is 0.122 e. The molecule has 1 rings (SSSR count). The lowest BCUT2D eigenvalue weighted by Gasteiger charge is -2.12. The van der Waals surface area contributed by atoms with Gasteiger partial charge < -0.3 is 9.84 Å². The summed E-state index contributed by atoms with van der Waals surface area (Å²) in [4.78, 5) is 0. The van der Waals surface area contributed by atoms with E-state index in [-0.39, 0.29) is 6.10 Å². The van der Waals surface area contributed by atoms with Gasteiger partial charge in [0.2, 0.25) is 0 Å². The van der Waals surface area contributed by atoms with Gasteiger partial charge in [-0.1, -0.05) is 11.6 Å². The van der Waals surface area contributed by atoms with Crippen LogP contribution in [0.3, 0.4) is 0 Å². The van der Waals surface area contributed by atoms with E-state index in [0.29, 0.717) is 11.4 Å². The van der Waals surface area contributed by atoms with Crippen molar-refractivity contribution in [3.05, 3.63) is 28.8 Å². The molecular formula is C11H15ClO2S. The van der Waals surface area contributed by atoms with Crippen LogP contribution in [0.25, 0.3) is 0 Å². The second-order valence-electron chi connectivity index (χ2n) is 3.27. The van der Waals surface area contributed by atoms with Crippen LogP contribution in [0.5, 0.6) is 5.75 Å². The number of thioether (sulfide) groups is 1. The van der Waals surface area contributed by atoms with Gasteiger partial charge in [-0.05, 0) is 30.0 Å². The second-order valence-corrected chi connectivity index (χ2v) is 4.62. The molecule has 1 N–H and O–H groups in total. The summed E-state index contributed by atoms with van der Waals surface area (Å²) in [5.74, 6) is 1.50. The second kappa shape index (κ2) is 6.26. The summed E-state index contributed by atoms with van der Waals surface area (Å²) in [6.45, 7) is 0. The highest BCUT2D eigenvalue weighted by atomic mass is 35.5. The first kappa shape index (κ1) is 12.7. The summed E-state index contributed by atoms with van der Waals surface area (Å²) in [5, 5.41) is 10.4. The van der Waals surface area contributed by atoms with Gasteiger partial charge in [-0.25, -0.2) is 0 Å². The van der Waals surface area contributed by atoms with Gasteiger partial charge in [0, 0.05) is 17.2 Å². The molecule has 0 fully saturated rings. The van der Waals surface area contributed by atoms with Gasteiger partial charge in [0.25, 0.3) is 0 Å². The van der Waals surface area contributed by atoms with Crippen LogP contribution in [0, 0.1) is 0 Å². The maximum atomic E-state index is 9.69. The van der Waals surface area contributed by atoms with Crippen LogP contribution in [-0.2, 0) is 6.42 Å². The first-order chi connectivity index (χ1) is 7.17. The van der Waals surface area contributed by atoms with Crippen LogP contribution < -0.4 is 4.74 Å². The molecule has 1 aromatic carbocycles.